The van der Waals surface area contributed by atoms with Crippen LogP contribution < -0.4 is 0 Å². The summed E-state index contributed by atoms with van der Waals surface area (Å²) in [6, 6.07) is 0. The number of aliphatic hydroxyl groups excluding tert-OH is 7. The lowest BCUT2D eigenvalue weighted by atomic mass is 9.98. The van der Waals surface area contributed by atoms with E-state index in [0.717, 1.165) is 70.6 Å². The largest absolute Gasteiger partial charge is 0.462 e. The normalized spacial score (nSPS) is 26.6. The van der Waals surface area contributed by atoms with E-state index in [0.29, 0.717) is 19.3 Å². The number of esters is 2. The molecule has 0 aromatic carbocycles. The van der Waals surface area contributed by atoms with Crippen LogP contribution in [0.25, 0.3) is 0 Å². The van der Waals surface area contributed by atoms with Gasteiger partial charge in [-0.15, -0.1) is 0 Å². The molecule has 384 valence electrons. The van der Waals surface area contributed by atoms with Crippen molar-refractivity contribution in [3.63, 3.8) is 0 Å². The quantitative estimate of drug-likeness (QED) is 0.0196. The monoisotopic (exact) mass is 951 g/mol. The Hall–Kier alpha value is -3.06. The topological polar surface area (TPSA) is 231 Å². The number of hydrogen-bond donors (Lipinski definition) is 7. The number of carbonyl (C=O) groups is 2. The van der Waals surface area contributed by atoms with E-state index < -0.39 is 99.3 Å². The molecule has 11 atom stereocenters. The van der Waals surface area contributed by atoms with E-state index in [1.54, 1.807) is 0 Å². The van der Waals surface area contributed by atoms with Crippen molar-refractivity contribution in [3.8, 4) is 0 Å². The highest BCUT2D eigenvalue weighted by atomic mass is 16.7. The number of allylic oxidation sites excluding steroid dienone is 12. The Morgan fingerprint density at radius 3 is 1.49 bits per heavy atom. The second-order valence-electron chi connectivity index (χ2n) is 17.3. The fraction of sp³-hybridized carbons (Fsp3) is 0.731. The van der Waals surface area contributed by atoms with E-state index in [9.17, 15) is 45.3 Å². The lowest BCUT2D eigenvalue weighted by Gasteiger charge is -2.42. The predicted molar refractivity (Wildman–Crippen MR) is 256 cm³/mol. The third-order valence-corrected chi connectivity index (χ3v) is 11.4. The van der Waals surface area contributed by atoms with Crippen LogP contribution in [0.5, 0.6) is 0 Å². The molecule has 0 saturated carbocycles. The van der Waals surface area contributed by atoms with Crippen molar-refractivity contribution in [3.05, 3.63) is 72.9 Å². The molecule has 2 aliphatic heterocycles. The lowest BCUT2D eigenvalue weighted by molar-refractivity contribution is -0.332. The van der Waals surface area contributed by atoms with Crippen LogP contribution >= 0.6 is 0 Å². The summed E-state index contributed by atoms with van der Waals surface area (Å²) in [6.45, 7) is 2.42. The standard InChI is InChI=1S/C52H86O15/c1-3-5-7-9-11-13-15-17-19-20-21-23-25-27-29-31-33-35-44(55)65-40(37-62-43(54)34-32-30-28-26-24-22-18-16-14-12-10-8-6-4-2)38-63-51-50(61)48(59)46(57)42(67-51)39-64-52-49(60)47(58)45(56)41(36-53)66-52/h10-13,16-19,21,23,27,29,40-42,45-53,56-61H,3-9,14-15,20,22,24-26,28,30-39H2,1-2H3/b12-10+,13-11+,18-16+,19-17+,23-21+,29-27+/t40-,41+,42+,45-,46-,47?,48?,49?,50?,51+,52+/m1/s1. The molecule has 0 aliphatic carbocycles. The van der Waals surface area contributed by atoms with E-state index in [1.165, 1.54) is 32.1 Å². The zero-order valence-electron chi connectivity index (χ0n) is 40.4. The van der Waals surface area contributed by atoms with E-state index >= 15 is 0 Å². The van der Waals surface area contributed by atoms with Gasteiger partial charge in [0, 0.05) is 12.8 Å². The molecule has 4 unspecified atom stereocenters. The molecule has 2 fully saturated rings. The maximum absolute atomic E-state index is 13.0. The number of ether oxygens (including phenoxy) is 6. The number of aliphatic hydroxyl groups is 7. The summed E-state index contributed by atoms with van der Waals surface area (Å²) in [5.74, 6) is -1.01. The van der Waals surface area contributed by atoms with Gasteiger partial charge in [0.1, 0.15) is 55.4 Å². The summed E-state index contributed by atoms with van der Waals surface area (Å²) < 4.78 is 33.5. The molecule has 0 aromatic rings. The molecule has 7 N–H and O–H groups in total. The van der Waals surface area contributed by atoms with Gasteiger partial charge in [0.15, 0.2) is 18.7 Å². The molecular formula is C52H86O15. The summed E-state index contributed by atoms with van der Waals surface area (Å²) in [5, 5.41) is 72.0. The fourth-order valence-corrected chi connectivity index (χ4v) is 7.22. The van der Waals surface area contributed by atoms with Gasteiger partial charge in [-0.1, -0.05) is 132 Å². The second kappa shape index (κ2) is 38.8. The number of carbonyl (C=O) groups excluding carboxylic acids is 2. The van der Waals surface area contributed by atoms with Crippen molar-refractivity contribution in [2.24, 2.45) is 0 Å². The first-order valence-electron chi connectivity index (χ1n) is 25.0. The van der Waals surface area contributed by atoms with Crippen molar-refractivity contribution >= 4 is 11.9 Å². The molecule has 0 bridgehead atoms. The molecule has 2 saturated heterocycles. The molecule has 0 radical (unpaired) electrons. The summed E-state index contributed by atoms with van der Waals surface area (Å²) in [7, 11) is 0. The van der Waals surface area contributed by atoms with E-state index in [2.05, 4.69) is 74.6 Å². The Kier molecular flexibility index (Phi) is 34.7. The summed E-state index contributed by atoms with van der Waals surface area (Å²) in [5.41, 5.74) is 0. The lowest BCUT2D eigenvalue weighted by Crippen LogP contribution is -2.61. The minimum Gasteiger partial charge on any atom is -0.462 e. The third kappa shape index (κ3) is 27.1. The first-order chi connectivity index (χ1) is 32.5. The summed E-state index contributed by atoms with van der Waals surface area (Å²) >= 11 is 0. The molecule has 0 amide bonds. The molecule has 0 aromatic heterocycles. The van der Waals surface area contributed by atoms with E-state index in [-0.39, 0.29) is 19.4 Å². The van der Waals surface area contributed by atoms with E-state index in [4.69, 9.17) is 28.4 Å². The SMILES string of the molecule is CCCC/C=C/C/C=C/CCCCCCCC(=O)OC[C@H](CO[C@H]1O[C@@H](CO[C@H]2O[C@@H](CO)[C@@H](O)C(O)C2O)[C@@H](O)C(O)C1O)OC(=O)CCC/C=C/C/C=C/C/C=C/C/C=C/CCCCC. The maximum atomic E-state index is 13.0. The Balaban J connectivity index is 1.86. The van der Waals surface area contributed by atoms with Crippen LogP contribution in [0.4, 0.5) is 0 Å². The van der Waals surface area contributed by atoms with Crippen LogP contribution in [-0.4, -0.2) is 142 Å². The van der Waals surface area contributed by atoms with Gasteiger partial charge in [0.05, 0.1) is 19.8 Å². The van der Waals surface area contributed by atoms with Crippen molar-refractivity contribution in [2.75, 3.05) is 26.4 Å². The first kappa shape index (κ1) is 60.1. The molecular weight excluding hydrogens is 865 g/mol. The minimum absolute atomic E-state index is 0.0825. The Morgan fingerprint density at radius 2 is 0.925 bits per heavy atom. The molecule has 2 rings (SSSR count). The number of hydrogen-bond acceptors (Lipinski definition) is 15. The maximum Gasteiger partial charge on any atom is 0.306 e. The summed E-state index contributed by atoms with van der Waals surface area (Å²) in [6.07, 6.45) is 27.9. The number of unbranched alkanes of at least 4 members (excludes halogenated alkanes) is 11. The first-order valence-corrected chi connectivity index (χ1v) is 25.0. The molecule has 2 aliphatic rings. The number of rotatable bonds is 37. The fourth-order valence-electron chi connectivity index (χ4n) is 7.22. The van der Waals surface area contributed by atoms with Gasteiger partial charge >= 0.3 is 11.9 Å². The van der Waals surface area contributed by atoms with Crippen LogP contribution in [0.15, 0.2) is 72.9 Å². The zero-order chi connectivity index (χ0) is 48.9. The predicted octanol–water partition coefficient (Wildman–Crippen LogP) is 6.65. The van der Waals surface area contributed by atoms with Gasteiger partial charge in [0.25, 0.3) is 0 Å². The van der Waals surface area contributed by atoms with Crippen molar-refractivity contribution in [1.29, 1.82) is 0 Å². The van der Waals surface area contributed by atoms with Gasteiger partial charge in [-0.25, -0.2) is 0 Å². The van der Waals surface area contributed by atoms with Gasteiger partial charge in [-0.3, -0.25) is 9.59 Å². The van der Waals surface area contributed by atoms with Crippen LogP contribution in [0, 0.1) is 0 Å². The third-order valence-electron chi connectivity index (χ3n) is 11.4. The van der Waals surface area contributed by atoms with Crippen LogP contribution in [-0.2, 0) is 38.0 Å². The highest BCUT2D eigenvalue weighted by Crippen LogP contribution is 2.26. The molecule has 2 heterocycles. The van der Waals surface area contributed by atoms with Crippen molar-refractivity contribution in [1.82, 2.24) is 0 Å². The van der Waals surface area contributed by atoms with Crippen LogP contribution in [0.1, 0.15) is 149 Å². The molecule has 15 heteroatoms. The van der Waals surface area contributed by atoms with Gasteiger partial charge in [-0.2, -0.15) is 0 Å². The molecule has 0 spiro atoms. The van der Waals surface area contributed by atoms with Gasteiger partial charge < -0.3 is 64.2 Å². The van der Waals surface area contributed by atoms with Crippen molar-refractivity contribution < 1.29 is 73.8 Å². The smallest absolute Gasteiger partial charge is 0.306 e. The Labute approximate surface area is 400 Å². The van der Waals surface area contributed by atoms with Crippen LogP contribution in [0.3, 0.4) is 0 Å². The van der Waals surface area contributed by atoms with E-state index in [1.807, 2.05) is 12.2 Å². The van der Waals surface area contributed by atoms with Crippen LogP contribution in [0.2, 0.25) is 0 Å². The highest BCUT2D eigenvalue weighted by molar-refractivity contribution is 5.70. The van der Waals surface area contributed by atoms with Crippen molar-refractivity contribution in [2.45, 2.75) is 216 Å². The van der Waals surface area contributed by atoms with Gasteiger partial charge in [-0.05, 0) is 77.0 Å². The average molecular weight is 951 g/mol. The molecule has 67 heavy (non-hydrogen) atoms. The Bertz CT molecular complexity index is 1440. The Morgan fingerprint density at radius 1 is 0.478 bits per heavy atom. The minimum atomic E-state index is -1.78. The van der Waals surface area contributed by atoms with Gasteiger partial charge in [0.2, 0.25) is 0 Å². The summed E-state index contributed by atoms with van der Waals surface area (Å²) in [4.78, 5) is 25.7. The average Bonchev–Trinajstić information content (AvgIpc) is 3.32. The second-order valence-corrected chi connectivity index (χ2v) is 17.3. The molecule has 15 nitrogen and oxygen atoms in total. The zero-order valence-corrected chi connectivity index (χ0v) is 40.4. The highest BCUT2D eigenvalue weighted by Gasteiger charge is 2.47.